The number of fused-ring (bicyclic) bond motifs is 1. The number of hydrogen-bond donors (Lipinski definition) is 1. The molecule has 1 fully saturated rings. The van der Waals surface area contributed by atoms with Gasteiger partial charge in [0.1, 0.15) is 5.75 Å². The van der Waals surface area contributed by atoms with E-state index in [1.165, 1.54) is 25.1 Å². The first-order valence-electron chi connectivity index (χ1n) is 9.44. The van der Waals surface area contributed by atoms with E-state index in [1.807, 2.05) is 4.90 Å². The van der Waals surface area contributed by atoms with E-state index < -0.39 is 17.7 Å². The monoisotopic (exact) mass is 424 g/mol. The molecule has 158 valence electrons. The molecule has 1 aliphatic heterocycles. The van der Waals surface area contributed by atoms with Crippen LogP contribution in [-0.4, -0.2) is 31.7 Å². The molecule has 1 aromatic rings. The summed E-state index contributed by atoms with van der Waals surface area (Å²) in [5.74, 6) is -3.00. The summed E-state index contributed by atoms with van der Waals surface area (Å²) < 4.78 is 75.4. The number of alkyl halides is 5. The molecule has 0 aromatic heterocycles. The summed E-state index contributed by atoms with van der Waals surface area (Å²) >= 11 is 1.20. The molecule has 1 saturated carbocycles. The molecule has 0 unspecified atom stereocenters. The highest BCUT2D eigenvalue weighted by Crippen LogP contribution is 2.45. The molecule has 1 heterocycles. The number of nitrogens with one attached hydrogen (secondary N) is 1. The van der Waals surface area contributed by atoms with Crippen molar-refractivity contribution in [3.8, 4) is 5.75 Å². The van der Waals surface area contributed by atoms with Crippen LogP contribution in [0.15, 0.2) is 17.0 Å². The summed E-state index contributed by atoms with van der Waals surface area (Å²) in [6.45, 7) is 1.30. The Kier molecular flexibility index (Phi) is 6.34. The van der Waals surface area contributed by atoms with Gasteiger partial charge >= 0.3 is 6.18 Å². The second-order valence-corrected chi connectivity index (χ2v) is 8.51. The minimum atomic E-state index is -4.53. The maximum Gasteiger partial charge on any atom is 0.420 e. The second kappa shape index (κ2) is 8.26. The highest BCUT2D eigenvalue weighted by molar-refractivity contribution is 7.97. The van der Waals surface area contributed by atoms with E-state index in [0.717, 1.165) is 38.7 Å². The molecule has 1 aromatic carbocycles. The van der Waals surface area contributed by atoms with E-state index in [4.69, 9.17) is 4.74 Å². The maximum absolute atomic E-state index is 13.5. The molecule has 1 atom stereocenters. The quantitative estimate of drug-likeness (QED) is 0.471. The molecule has 1 aliphatic carbocycles. The summed E-state index contributed by atoms with van der Waals surface area (Å²) in [5.41, 5.74) is -0.306. The Morgan fingerprint density at radius 2 is 1.86 bits per heavy atom. The molecule has 2 aliphatic rings. The van der Waals surface area contributed by atoms with Gasteiger partial charge in [-0.25, -0.2) is 8.78 Å². The van der Waals surface area contributed by atoms with Crippen LogP contribution in [0, 0.1) is 0 Å². The summed E-state index contributed by atoms with van der Waals surface area (Å²) in [7, 11) is 1.21. The van der Waals surface area contributed by atoms with Crippen LogP contribution in [0.25, 0.3) is 0 Å². The Hall–Kier alpha value is -1.22. The molecular formula is C19H25F5N2OS. The van der Waals surface area contributed by atoms with Gasteiger partial charge in [0.2, 0.25) is 5.92 Å². The van der Waals surface area contributed by atoms with Crippen molar-refractivity contribution in [2.45, 2.75) is 74.5 Å². The Morgan fingerprint density at radius 3 is 2.43 bits per heavy atom. The van der Waals surface area contributed by atoms with Crippen molar-refractivity contribution in [1.29, 1.82) is 0 Å². The van der Waals surface area contributed by atoms with Gasteiger partial charge in [-0.3, -0.25) is 4.72 Å². The topological polar surface area (TPSA) is 24.5 Å². The molecule has 9 heteroatoms. The summed E-state index contributed by atoms with van der Waals surface area (Å²) in [4.78, 5) is 2.62. The van der Waals surface area contributed by atoms with E-state index in [-0.39, 0.29) is 30.7 Å². The molecule has 0 bridgehead atoms. The van der Waals surface area contributed by atoms with Crippen molar-refractivity contribution in [1.82, 2.24) is 4.72 Å². The third kappa shape index (κ3) is 5.03. The minimum absolute atomic E-state index is 0.123. The summed E-state index contributed by atoms with van der Waals surface area (Å²) in [6, 6.07) is 2.43. The second-order valence-electron chi connectivity index (χ2n) is 7.63. The molecule has 28 heavy (non-hydrogen) atoms. The number of hydrogen-bond acceptors (Lipinski definition) is 4. The van der Waals surface area contributed by atoms with Gasteiger partial charge in [0.25, 0.3) is 0 Å². The lowest BCUT2D eigenvalue weighted by Crippen LogP contribution is -2.42. The van der Waals surface area contributed by atoms with E-state index in [1.54, 1.807) is 0 Å². The molecule has 1 N–H and O–H groups in total. The lowest BCUT2D eigenvalue weighted by atomic mass is 10.0. The predicted molar refractivity (Wildman–Crippen MR) is 100 cm³/mol. The van der Waals surface area contributed by atoms with Crippen molar-refractivity contribution in [3.63, 3.8) is 0 Å². The lowest BCUT2D eigenvalue weighted by molar-refractivity contribution is -0.138. The highest BCUT2D eigenvalue weighted by Gasteiger charge is 2.38. The number of rotatable bonds is 5. The van der Waals surface area contributed by atoms with Gasteiger partial charge in [-0.05, 0) is 50.3 Å². The van der Waals surface area contributed by atoms with Crippen LogP contribution in [0.4, 0.5) is 27.6 Å². The maximum atomic E-state index is 13.5. The van der Waals surface area contributed by atoms with Crippen molar-refractivity contribution in [3.05, 3.63) is 17.7 Å². The fraction of sp³-hybridized carbons (Fsp3) is 0.684. The minimum Gasteiger partial charge on any atom is -0.496 e. The summed E-state index contributed by atoms with van der Waals surface area (Å²) in [5, 5.41) is 0. The lowest BCUT2D eigenvalue weighted by Gasteiger charge is -2.33. The number of nitrogens with zero attached hydrogens (tertiary/aromatic N) is 1. The first kappa shape index (κ1) is 21.5. The smallest absolute Gasteiger partial charge is 0.420 e. The van der Waals surface area contributed by atoms with E-state index >= 15 is 0 Å². The normalized spacial score (nSPS) is 21.5. The summed E-state index contributed by atoms with van der Waals surface area (Å²) in [6.07, 6.45) is -0.708. The van der Waals surface area contributed by atoms with Gasteiger partial charge in [0.15, 0.2) is 0 Å². The fourth-order valence-corrected chi connectivity index (χ4v) is 4.84. The van der Waals surface area contributed by atoms with Crippen molar-refractivity contribution < 1.29 is 26.7 Å². The van der Waals surface area contributed by atoms with Crippen LogP contribution in [0.1, 0.15) is 51.0 Å². The SMILES string of the molecule is COc1cc2c(cc1C(F)(F)F)N(C1CCCC1)C[C@@H](CCC(C)(F)F)NS2. The van der Waals surface area contributed by atoms with Crippen molar-refractivity contribution in [2.24, 2.45) is 0 Å². The number of halogens is 5. The number of methoxy groups -OCH3 is 1. The third-order valence-corrected chi connectivity index (χ3v) is 6.34. The highest BCUT2D eigenvalue weighted by atomic mass is 32.2. The fourth-order valence-electron chi connectivity index (χ4n) is 3.91. The van der Waals surface area contributed by atoms with E-state index in [0.29, 0.717) is 17.1 Å². The van der Waals surface area contributed by atoms with Crippen molar-refractivity contribution in [2.75, 3.05) is 18.6 Å². The predicted octanol–water partition coefficient (Wildman–Crippen LogP) is 5.88. The first-order valence-corrected chi connectivity index (χ1v) is 10.3. The van der Waals surface area contributed by atoms with Crippen LogP contribution in [-0.2, 0) is 6.18 Å². The average Bonchev–Trinajstić information content (AvgIpc) is 3.07. The number of ether oxygens (including phenoxy) is 1. The first-order chi connectivity index (χ1) is 13.1. The number of anilines is 1. The van der Waals surface area contributed by atoms with Gasteiger partial charge in [-0.15, -0.1) is 0 Å². The van der Waals surface area contributed by atoms with Gasteiger partial charge < -0.3 is 9.64 Å². The van der Waals surface area contributed by atoms with Gasteiger partial charge in [0, 0.05) is 29.9 Å². The molecule has 0 spiro atoms. The van der Waals surface area contributed by atoms with Crippen LogP contribution < -0.4 is 14.4 Å². The van der Waals surface area contributed by atoms with Gasteiger partial charge in [-0.2, -0.15) is 13.2 Å². The molecule has 0 amide bonds. The average molecular weight is 424 g/mol. The molecule has 3 rings (SSSR count). The Morgan fingerprint density at radius 1 is 1.18 bits per heavy atom. The molecule has 0 saturated heterocycles. The van der Waals surface area contributed by atoms with Crippen molar-refractivity contribution >= 4 is 17.6 Å². The zero-order valence-electron chi connectivity index (χ0n) is 15.9. The number of benzene rings is 1. The van der Waals surface area contributed by atoms with Crippen LogP contribution >= 0.6 is 11.9 Å². The zero-order chi connectivity index (χ0) is 20.5. The van der Waals surface area contributed by atoms with E-state index in [9.17, 15) is 22.0 Å². The Balaban J connectivity index is 1.96. The van der Waals surface area contributed by atoms with E-state index in [2.05, 4.69) is 4.72 Å². The molecular weight excluding hydrogens is 399 g/mol. The third-order valence-electron chi connectivity index (χ3n) is 5.35. The Labute approximate surface area is 166 Å². The van der Waals surface area contributed by atoms with Gasteiger partial charge in [-0.1, -0.05) is 12.8 Å². The van der Waals surface area contributed by atoms with Crippen LogP contribution in [0.5, 0.6) is 5.75 Å². The molecule has 3 nitrogen and oxygen atoms in total. The standard InChI is InChI=1S/C19H25F5N2OS/c1-18(20,21)8-7-12-11-26(13-5-3-4-6-13)15-9-14(19(22,23)24)16(27-2)10-17(15)28-25-12/h9-10,12-13,25H,3-8,11H2,1-2H3/t12-/m1/s1. The largest absolute Gasteiger partial charge is 0.496 e. The molecule has 0 radical (unpaired) electrons. The zero-order valence-corrected chi connectivity index (χ0v) is 16.7. The van der Waals surface area contributed by atoms with Gasteiger partial charge in [0.05, 0.1) is 18.4 Å². The Bertz CT molecular complexity index is 686. The van der Waals surface area contributed by atoms with Crippen LogP contribution in [0.3, 0.4) is 0 Å². The van der Waals surface area contributed by atoms with Crippen LogP contribution in [0.2, 0.25) is 0 Å².